The maximum atomic E-state index is 13.1. The fraction of sp³-hybridized carbons (Fsp3) is 0.0870. The van der Waals surface area contributed by atoms with Crippen molar-refractivity contribution in [3.63, 3.8) is 0 Å². The van der Waals surface area contributed by atoms with E-state index in [4.69, 9.17) is 0 Å². The van der Waals surface area contributed by atoms with Crippen LogP contribution in [0.1, 0.15) is 33.2 Å². The highest BCUT2D eigenvalue weighted by atomic mass is 16.2. The Balaban J connectivity index is 1.75. The summed E-state index contributed by atoms with van der Waals surface area (Å²) in [5.74, 6) is -0.345. The lowest BCUT2D eigenvalue weighted by Gasteiger charge is -2.20. The molecule has 0 aliphatic rings. The quantitative estimate of drug-likeness (QED) is 0.575. The first kappa shape index (κ1) is 17.7. The second-order valence-corrected chi connectivity index (χ2v) is 6.67. The van der Waals surface area contributed by atoms with E-state index in [2.05, 4.69) is 15.5 Å². The molecule has 1 amide bonds. The van der Waals surface area contributed by atoms with E-state index >= 15 is 0 Å². The Kier molecular flexibility index (Phi) is 4.72. The van der Waals surface area contributed by atoms with E-state index in [1.54, 1.807) is 24.3 Å². The highest BCUT2D eigenvalue weighted by Gasteiger charge is 2.20. The normalized spacial score (nSPS) is 11.9. The van der Waals surface area contributed by atoms with Gasteiger partial charge >= 0.3 is 0 Å². The van der Waals surface area contributed by atoms with Gasteiger partial charge in [-0.1, -0.05) is 78.4 Å². The number of nitrogens with one attached hydrogen (secondary N) is 2. The largest absolute Gasteiger partial charge is 0.340 e. The molecule has 1 unspecified atom stereocenters. The lowest BCUT2D eigenvalue weighted by Crippen LogP contribution is -2.31. The molecule has 0 aliphatic heterocycles. The molecule has 0 saturated heterocycles. The van der Waals surface area contributed by atoms with E-state index in [9.17, 15) is 9.59 Å². The number of aromatic amines is 1. The SMILES string of the molecule is Cc1ccc(C(NC(=O)c2n[nH]c(=O)c3ccccc23)c2ccccc2)cc1. The fourth-order valence-electron chi connectivity index (χ4n) is 3.25. The zero-order valence-electron chi connectivity index (χ0n) is 15.3. The summed E-state index contributed by atoms with van der Waals surface area (Å²) in [5.41, 5.74) is 2.97. The number of nitrogens with zero attached hydrogens (tertiary/aromatic N) is 1. The fourth-order valence-corrected chi connectivity index (χ4v) is 3.25. The van der Waals surface area contributed by atoms with Crippen LogP contribution in [-0.4, -0.2) is 16.1 Å². The molecule has 3 aromatic carbocycles. The smallest absolute Gasteiger partial charge is 0.273 e. The van der Waals surface area contributed by atoms with Crippen molar-refractivity contribution in [3.8, 4) is 0 Å². The van der Waals surface area contributed by atoms with Crippen LogP contribution in [0, 0.1) is 6.92 Å². The second-order valence-electron chi connectivity index (χ2n) is 6.67. The van der Waals surface area contributed by atoms with Gasteiger partial charge in [-0.2, -0.15) is 5.10 Å². The molecule has 0 bridgehead atoms. The highest BCUT2D eigenvalue weighted by molar-refractivity contribution is 6.04. The molecule has 0 fully saturated rings. The van der Waals surface area contributed by atoms with Crippen molar-refractivity contribution in [3.05, 3.63) is 112 Å². The minimum absolute atomic E-state index is 0.197. The number of benzene rings is 3. The molecule has 0 spiro atoms. The van der Waals surface area contributed by atoms with E-state index in [0.717, 1.165) is 16.7 Å². The van der Waals surface area contributed by atoms with Crippen LogP contribution in [0.3, 0.4) is 0 Å². The molecule has 0 aliphatic carbocycles. The van der Waals surface area contributed by atoms with E-state index < -0.39 is 0 Å². The van der Waals surface area contributed by atoms with Crippen LogP contribution in [0.5, 0.6) is 0 Å². The Bertz CT molecular complexity index is 1180. The number of fused-ring (bicyclic) bond motifs is 1. The molecular formula is C23H19N3O2. The van der Waals surface area contributed by atoms with Crippen LogP contribution < -0.4 is 10.9 Å². The van der Waals surface area contributed by atoms with Gasteiger partial charge in [-0.15, -0.1) is 0 Å². The Morgan fingerprint density at radius 3 is 2.18 bits per heavy atom. The van der Waals surface area contributed by atoms with Gasteiger partial charge in [0.25, 0.3) is 11.5 Å². The second kappa shape index (κ2) is 7.48. The number of carbonyl (C=O) groups is 1. The zero-order chi connectivity index (χ0) is 19.5. The molecule has 2 N–H and O–H groups in total. The summed E-state index contributed by atoms with van der Waals surface area (Å²) >= 11 is 0. The Morgan fingerprint density at radius 2 is 1.46 bits per heavy atom. The summed E-state index contributed by atoms with van der Waals surface area (Å²) in [5, 5.41) is 10.5. The van der Waals surface area contributed by atoms with Crippen molar-refractivity contribution in [2.45, 2.75) is 13.0 Å². The molecule has 4 rings (SSSR count). The van der Waals surface area contributed by atoms with E-state index in [-0.39, 0.29) is 23.2 Å². The number of hydrogen-bond acceptors (Lipinski definition) is 3. The maximum absolute atomic E-state index is 13.1. The molecule has 0 saturated carbocycles. The number of aromatic nitrogens is 2. The van der Waals surface area contributed by atoms with Gasteiger partial charge in [0.2, 0.25) is 0 Å². The first-order chi connectivity index (χ1) is 13.6. The van der Waals surface area contributed by atoms with Crippen LogP contribution in [0.4, 0.5) is 0 Å². The van der Waals surface area contributed by atoms with Gasteiger partial charge in [-0.05, 0) is 24.1 Å². The van der Waals surface area contributed by atoms with Gasteiger partial charge in [0.1, 0.15) is 0 Å². The number of amides is 1. The van der Waals surface area contributed by atoms with Crippen molar-refractivity contribution in [2.75, 3.05) is 0 Å². The summed E-state index contributed by atoms with van der Waals surface area (Å²) in [6, 6.07) is 24.5. The predicted molar refractivity (Wildman–Crippen MR) is 109 cm³/mol. The van der Waals surface area contributed by atoms with E-state index in [1.807, 2.05) is 61.5 Å². The highest BCUT2D eigenvalue weighted by Crippen LogP contribution is 2.23. The van der Waals surface area contributed by atoms with Gasteiger partial charge in [0, 0.05) is 5.39 Å². The molecule has 1 heterocycles. The van der Waals surface area contributed by atoms with Crippen LogP contribution in [0.15, 0.2) is 83.7 Å². The number of carbonyl (C=O) groups excluding carboxylic acids is 1. The molecule has 28 heavy (non-hydrogen) atoms. The molecule has 1 atom stereocenters. The molecule has 4 aromatic rings. The van der Waals surface area contributed by atoms with Gasteiger partial charge in [0.15, 0.2) is 5.69 Å². The summed E-state index contributed by atoms with van der Waals surface area (Å²) in [6.07, 6.45) is 0. The average molecular weight is 369 g/mol. The molecule has 1 aromatic heterocycles. The Labute approximate surface area is 162 Å². The van der Waals surface area contributed by atoms with Crippen LogP contribution >= 0.6 is 0 Å². The van der Waals surface area contributed by atoms with Crippen molar-refractivity contribution in [1.82, 2.24) is 15.5 Å². The standard InChI is InChI=1S/C23H19N3O2/c1-15-11-13-17(14-12-15)20(16-7-3-2-4-8-16)24-23(28)21-18-9-5-6-10-19(18)22(27)26-25-21/h2-14,20H,1H3,(H,24,28)(H,26,27). The van der Waals surface area contributed by atoms with Gasteiger partial charge in [-0.25, -0.2) is 5.10 Å². The van der Waals surface area contributed by atoms with Crippen molar-refractivity contribution in [1.29, 1.82) is 0 Å². The number of H-pyrrole nitrogens is 1. The Morgan fingerprint density at radius 1 is 0.857 bits per heavy atom. The maximum Gasteiger partial charge on any atom is 0.273 e. The van der Waals surface area contributed by atoms with Crippen LogP contribution in [0.25, 0.3) is 10.8 Å². The van der Waals surface area contributed by atoms with Crippen molar-refractivity contribution >= 4 is 16.7 Å². The molecular weight excluding hydrogens is 350 g/mol. The zero-order valence-corrected chi connectivity index (χ0v) is 15.3. The summed E-state index contributed by atoms with van der Waals surface area (Å²) in [7, 11) is 0. The lowest BCUT2D eigenvalue weighted by molar-refractivity contribution is 0.0938. The van der Waals surface area contributed by atoms with Gasteiger partial charge in [0.05, 0.1) is 11.4 Å². The lowest BCUT2D eigenvalue weighted by atomic mass is 9.97. The minimum Gasteiger partial charge on any atom is -0.340 e. The first-order valence-corrected chi connectivity index (χ1v) is 9.03. The van der Waals surface area contributed by atoms with Crippen molar-refractivity contribution < 1.29 is 4.79 Å². The summed E-state index contributed by atoms with van der Waals surface area (Å²) in [4.78, 5) is 25.1. The minimum atomic E-state index is -0.345. The van der Waals surface area contributed by atoms with Gasteiger partial charge in [-0.3, -0.25) is 9.59 Å². The van der Waals surface area contributed by atoms with E-state index in [0.29, 0.717) is 10.8 Å². The molecule has 138 valence electrons. The van der Waals surface area contributed by atoms with Crippen LogP contribution in [-0.2, 0) is 0 Å². The van der Waals surface area contributed by atoms with Gasteiger partial charge < -0.3 is 5.32 Å². The number of rotatable bonds is 4. The monoisotopic (exact) mass is 369 g/mol. The average Bonchev–Trinajstić information content (AvgIpc) is 2.74. The number of hydrogen-bond donors (Lipinski definition) is 2. The summed E-state index contributed by atoms with van der Waals surface area (Å²) < 4.78 is 0. The Hall–Kier alpha value is -3.73. The third-order valence-corrected chi connectivity index (χ3v) is 4.73. The molecule has 0 radical (unpaired) electrons. The molecule has 5 nitrogen and oxygen atoms in total. The number of aryl methyl sites for hydroxylation is 1. The molecule has 5 heteroatoms. The topological polar surface area (TPSA) is 74.8 Å². The van der Waals surface area contributed by atoms with E-state index in [1.165, 1.54) is 0 Å². The van der Waals surface area contributed by atoms with Crippen molar-refractivity contribution in [2.24, 2.45) is 0 Å². The predicted octanol–water partition coefficient (Wildman–Crippen LogP) is 3.75. The first-order valence-electron chi connectivity index (χ1n) is 9.03. The third-order valence-electron chi connectivity index (χ3n) is 4.73. The van der Waals surface area contributed by atoms with Crippen LogP contribution in [0.2, 0.25) is 0 Å². The third kappa shape index (κ3) is 3.42. The summed E-state index contributed by atoms with van der Waals surface area (Å²) in [6.45, 7) is 2.02.